The Morgan fingerprint density at radius 2 is 2.26 bits per heavy atom. The van der Waals surface area contributed by atoms with Crippen LogP contribution >= 0.6 is 11.8 Å². The smallest absolute Gasteiger partial charge is 0.317 e. The summed E-state index contributed by atoms with van der Waals surface area (Å²) in [6.45, 7) is 6.52. The molecule has 0 spiro atoms. The Hall–Kier alpha value is -1.96. The zero-order valence-corrected chi connectivity index (χ0v) is 15.1. The van der Waals surface area contributed by atoms with Gasteiger partial charge in [-0.1, -0.05) is 11.8 Å². The molecule has 8 heteroatoms. The van der Waals surface area contributed by atoms with Gasteiger partial charge in [0, 0.05) is 50.0 Å². The van der Waals surface area contributed by atoms with Gasteiger partial charge in [0.15, 0.2) is 5.16 Å². The molecule has 23 heavy (non-hydrogen) atoms. The van der Waals surface area contributed by atoms with Crippen LogP contribution in [0.4, 0.5) is 4.79 Å². The maximum atomic E-state index is 12.3. The number of H-pyrrole nitrogens is 1. The quantitative estimate of drug-likeness (QED) is 0.626. The molecule has 2 rings (SSSR count). The van der Waals surface area contributed by atoms with Gasteiger partial charge < -0.3 is 14.8 Å². The second-order valence-electron chi connectivity index (χ2n) is 5.54. The summed E-state index contributed by atoms with van der Waals surface area (Å²) in [6.07, 6.45) is 3.68. The molecule has 0 aliphatic rings. The van der Waals surface area contributed by atoms with E-state index in [1.807, 2.05) is 38.6 Å². The molecule has 0 aromatic carbocycles. The van der Waals surface area contributed by atoms with Crippen molar-refractivity contribution in [2.75, 3.05) is 19.3 Å². The molecule has 126 valence electrons. The summed E-state index contributed by atoms with van der Waals surface area (Å²) in [7, 11) is 3.76. The lowest BCUT2D eigenvalue weighted by Crippen LogP contribution is -2.40. The first-order valence-electron chi connectivity index (χ1n) is 7.54. The topological polar surface area (TPSA) is 78.8 Å². The van der Waals surface area contributed by atoms with Gasteiger partial charge >= 0.3 is 6.03 Å². The minimum absolute atomic E-state index is 0.0315. The number of rotatable bonds is 6. The summed E-state index contributed by atoms with van der Waals surface area (Å²) >= 11 is 1.62. The van der Waals surface area contributed by atoms with Gasteiger partial charge in [-0.25, -0.2) is 9.78 Å². The monoisotopic (exact) mass is 336 g/mol. The molecule has 0 bridgehead atoms. The Labute approximate surface area is 140 Å². The summed E-state index contributed by atoms with van der Waals surface area (Å²) < 4.78 is 1.96. The molecule has 2 heterocycles. The van der Waals surface area contributed by atoms with Gasteiger partial charge in [0.25, 0.3) is 0 Å². The first-order valence-corrected chi connectivity index (χ1v) is 8.52. The van der Waals surface area contributed by atoms with E-state index in [0.717, 1.165) is 27.9 Å². The molecule has 0 aliphatic carbocycles. The minimum atomic E-state index is -0.0852. The largest absolute Gasteiger partial charge is 0.337 e. The van der Waals surface area contributed by atoms with Crippen molar-refractivity contribution in [1.29, 1.82) is 0 Å². The number of aromatic nitrogens is 4. The SMILES string of the molecule is Cc1n[nH]c(C)c1[C@@H](C)N(C)C(=O)NCCSc1nccn1C. The lowest BCUT2D eigenvalue weighted by atomic mass is 10.1. The molecule has 2 aromatic rings. The number of amides is 2. The number of hydrogen-bond acceptors (Lipinski definition) is 4. The zero-order valence-electron chi connectivity index (χ0n) is 14.3. The van der Waals surface area contributed by atoms with Crippen molar-refractivity contribution in [1.82, 2.24) is 30.0 Å². The van der Waals surface area contributed by atoms with Crippen LogP contribution in [0.2, 0.25) is 0 Å². The van der Waals surface area contributed by atoms with Gasteiger partial charge in [0.1, 0.15) is 0 Å². The highest BCUT2D eigenvalue weighted by Crippen LogP contribution is 2.23. The second-order valence-corrected chi connectivity index (χ2v) is 6.60. The molecule has 0 saturated heterocycles. The van der Waals surface area contributed by atoms with Crippen LogP contribution < -0.4 is 5.32 Å². The summed E-state index contributed by atoms with van der Waals surface area (Å²) in [5.74, 6) is 0.780. The maximum Gasteiger partial charge on any atom is 0.317 e. The number of hydrogen-bond donors (Lipinski definition) is 2. The number of aryl methyl sites for hydroxylation is 3. The van der Waals surface area contributed by atoms with Crippen molar-refractivity contribution in [3.05, 3.63) is 29.3 Å². The van der Waals surface area contributed by atoms with Gasteiger partial charge in [-0.2, -0.15) is 5.10 Å². The van der Waals surface area contributed by atoms with Crippen molar-refractivity contribution >= 4 is 17.8 Å². The summed E-state index contributed by atoms with van der Waals surface area (Å²) in [6, 6.07) is -0.117. The van der Waals surface area contributed by atoms with E-state index in [0.29, 0.717) is 6.54 Å². The number of carbonyl (C=O) groups is 1. The van der Waals surface area contributed by atoms with Crippen LogP contribution in [0.5, 0.6) is 0 Å². The third-order valence-electron chi connectivity index (χ3n) is 3.89. The first kappa shape index (κ1) is 17.4. The number of urea groups is 1. The maximum absolute atomic E-state index is 12.3. The van der Waals surface area contributed by atoms with Crippen molar-refractivity contribution in [3.63, 3.8) is 0 Å². The number of nitrogens with one attached hydrogen (secondary N) is 2. The fourth-order valence-corrected chi connectivity index (χ4v) is 3.25. The predicted molar refractivity (Wildman–Crippen MR) is 91.6 cm³/mol. The Balaban J connectivity index is 1.82. The molecular weight excluding hydrogens is 312 g/mol. The Morgan fingerprint density at radius 3 is 2.83 bits per heavy atom. The van der Waals surface area contributed by atoms with Gasteiger partial charge in [0.05, 0.1) is 11.7 Å². The van der Waals surface area contributed by atoms with Crippen molar-refractivity contribution in [2.24, 2.45) is 7.05 Å². The van der Waals surface area contributed by atoms with Crippen LogP contribution in [-0.2, 0) is 7.05 Å². The highest BCUT2D eigenvalue weighted by atomic mass is 32.2. The van der Waals surface area contributed by atoms with Crippen LogP contribution in [0.1, 0.15) is 29.9 Å². The van der Waals surface area contributed by atoms with Crippen molar-refractivity contribution in [2.45, 2.75) is 32.0 Å². The van der Waals surface area contributed by atoms with E-state index < -0.39 is 0 Å². The van der Waals surface area contributed by atoms with Crippen molar-refractivity contribution < 1.29 is 4.79 Å². The first-order chi connectivity index (χ1) is 10.9. The lowest BCUT2D eigenvalue weighted by molar-refractivity contribution is 0.195. The summed E-state index contributed by atoms with van der Waals surface area (Å²) in [5, 5.41) is 11.1. The molecule has 2 aromatic heterocycles. The third kappa shape index (κ3) is 4.07. The van der Waals surface area contributed by atoms with Crippen LogP contribution in [0.25, 0.3) is 0 Å². The minimum Gasteiger partial charge on any atom is -0.337 e. The zero-order chi connectivity index (χ0) is 17.0. The van der Waals surface area contributed by atoms with E-state index in [-0.39, 0.29) is 12.1 Å². The fourth-order valence-electron chi connectivity index (χ4n) is 2.46. The molecule has 0 radical (unpaired) electrons. The summed E-state index contributed by atoms with van der Waals surface area (Å²) in [4.78, 5) is 18.2. The number of aromatic amines is 1. The van der Waals surface area contributed by atoms with E-state index in [1.54, 1.807) is 29.9 Å². The lowest BCUT2D eigenvalue weighted by Gasteiger charge is -2.25. The van der Waals surface area contributed by atoms with E-state index in [9.17, 15) is 4.79 Å². The van der Waals surface area contributed by atoms with Gasteiger partial charge in [0.2, 0.25) is 0 Å². The van der Waals surface area contributed by atoms with E-state index in [2.05, 4.69) is 20.5 Å². The number of imidazole rings is 1. The van der Waals surface area contributed by atoms with E-state index in [1.165, 1.54) is 0 Å². The Morgan fingerprint density at radius 1 is 1.52 bits per heavy atom. The molecule has 0 fully saturated rings. The van der Waals surface area contributed by atoms with Crippen molar-refractivity contribution in [3.8, 4) is 0 Å². The molecule has 7 nitrogen and oxygen atoms in total. The van der Waals surface area contributed by atoms with Crippen LogP contribution in [0, 0.1) is 13.8 Å². The number of thioether (sulfide) groups is 1. The average Bonchev–Trinajstić information content (AvgIpc) is 3.08. The normalized spacial score (nSPS) is 12.2. The van der Waals surface area contributed by atoms with E-state index in [4.69, 9.17) is 0 Å². The standard InChI is InChI=1S/C15H24N6OS/c1-10-13(11(2)19-18-10)12(3)21(5)14(22)16-7-9-23-15-17-6-8-20(15)4/h6,8,12H,7,9H2,1-5H3,(H,16,22)(H,18,19)/t12-/m1/s1. The van der Waals surface area contributed by atoms with Gasteiger partial charge in [-0.15, -0.1) is 0 Å². The molecule has 2 N–H and O–H groups in total. The Kier molecular flexibility index (Phi) is 5.70. The fraction of sp³-hybridized carbons (Fsp3) is 0.533. The molecule has 2 amide bonds. The summed E-state index contributed by atoms with van der Waals surface area (Å²) in [5.41, 5.74) is 3.00. The number of nitrogens with zero attached hydrogens (tertiary/aromatic N) is 4. The van der Waals surface area contributed by atoms with Gasteiger partial charge in [-0.05, 0) is 20.8 Å². The molecular formula is C15H24N6OS. The van der Waals surface area contributed by atoms with Gasteiger partial charge in [-0.3, -0.25) is 5.10 Å². The van der Waals surface area contributed by atoms with Crippen LogP contribution in [-0.4, -0.2) is 50.0 Å². The third-order valence-corrected chi connectivity index (χ3v) is 4.95. The highest BCUT2D eigenvalue weighted by Gasteiger charge is 2.21. The predicted octanol–water partition coefficient (Wildman–Crippen LogP) is 2.25. The highest BCUT2D eigenvalue weighted by molar-refractivity contribution is 7.99. The van der Waals surface area contributed by atoms with E-state index >= 15 is 0 Å². The molecule has 1 atom stereocenters. The average molecular weight is 336 g/mol. The molecule has 0 saturated carbocycles. The Bertz CT molecular complexity index is 645. The number of carbonyl (C=O) groups excluding carboxylic acids is 1. The molecule has 0 unspecified atom stereocenters. The van der Waals surface area contributed by atoms with Crippen LogP contribution in [0.3, 0.4) is 0 Å². The second kappa shape index (κ2) is 7.54. The van der Waals surface area contributed by atoms with Crippen LogP contribution in [0.15, 0.2) is 17.6 Å². The molecule has 0 aliphatic heterocycles.